The molecular formula is C20H32N6O. The lowest BCUT2D eigenvalue weighted by atomic mass is 9.95. The summed E-state index contributed by atoms with van der Waals surface area (Å²) in [5.74, 6) is 1.61. The van der Waals surface area contributed by atoms with Crippen LogP contribution in [0.25, 0.3) is 0 Å². The van der Waals surface area contributed by atoms with E-state index in [0.29, 0.717) is 5.91 Å². The second-order valence-corrected chi connectivity index (χ2v) is 8.17. The molecule has 27 heavy (non-hydrogen) atoms. The predicted octanol–water partition coefficient (Wildman–Crippen LogP) is 1.46. The van der Waals surface area contributed by atoms with Crippen LogP contribution in [0.15, 0.2) is 12.5 Å². The summed E-state index contributed by atoms with van der Waals surface area (Å²) in [7, 11) is 2.15. The standard InChI is InChI=1S/C20H32N6O/c1-23-7-4-10-26(14-13-23)20(27)17-5-11-24(12-6-17)18-15-21-16-22-19(18)25-8-2-3-9-25/h15-17H,2-14H2,1H3. The van der Waals surface area contributed by atoms with Crippen molar-refractivity contribution in [2.24, 2.45) is 5.92 Å². The number of carbonyl (C=O) groups is 1. The van der Waals surface area contributed by atoms with Crippen LogP contribution in [0.3, 0.4) is 0 Å². The van der Waals surface area contributed by atoms with Gasteiger partial charge < -0.3 is 19.6 Å². The van der Waals surface area contributed by atoms with Crippen LogP contribution < -0.4 is 9.80 Å². The van der Waals surface area contributed by atoms with Gasteiger partial charge in [-0.1, -0.05) is 0 Å². The van der Waals surface area contributed by atoms with Gasteiger partial charge in [-0.25, -0.2) is 9.97 Å². The third-order valence-corrected chi connectivity index (χ3v) is 6.29. The van der Waals surface area contributed by atoms with Gasteiger partial charge in [0.05, 0.1) is 11.9 Å². The number of anilines is 2. The lowest BCUT2D eigenvalue weighted by Crippen LogP contribution is -2.44. The fourth-order valence-electron chi connectivity index (χ4n) is 4.60. The highest BCUT2D eigenvalue weighted by molar-refractivity contribution is 5.79. The first-order chi connectivity index (χ1) is 13.2. The van der Waals surface area contributed by atoms with E-state index in [-0.39, 0.29) is 5.92 Å². The lowest BCUT2D eigenvalue weighted by Gasteiger charge is -2.36. The van der Waals surface area contributed by atoms with Gasteiger partial charge >= 0.3 is 0 Å². The summed E-state index contributed by atoms with van der Waals surface area (Å²) >= 11 is 0. The molecule has 0 bridgehead atoms. The molecule has 7 heteroatoms. The van der Waals surface area contributed by atoms with Crippen LogP contribution in [0, 0.1) is 5.92 Å². The first-order valence-corrected chi connectivity index (χ1v) is 10.5. The Morgan fingerprint density at radius 2 is 1.70 bits per heavy atom. The second kappa shape index (κ2) is 8.42. The Kier molecular flexibility index (Phi) is 5.76. The summed E-state index contributed by atoms with van der Waals surface area (Å²) < 4.78 is 0. The molecule has 0 unspecified atom stereocenters. The van der Waals surface area contributed by atoms with Crippen molar-refractivity contribution >= 4 is 17.4 Å². The highest BCUT2D eigenvalue weighted by Gasteiger charge is 2.31. The fraction of sp³-hybridized carbons (Fsp3) is 0.750. The molecule has 0 aromatic carbocycles. The van der Waals surface area contributed by atoms with Crippen molar-refractivity contribution in [2.45, 2.75) is 32.1 Å². The zero-order chi connectivity index (χ0) is 18.6. The van der Waals surface area contributed by atoms with Crippen LogP contribution in [-0.4, -0.2) is 85.1 Å². The van der Waals surface area contributed by atoms with Gasteiger partial charge in [0.2, 0.25) is 5.91 Å². The molecule has 0 radical (unpaired) electrons. The van der Waals surface area contributed by atoms with E-state index in [0.717, 1.165) is 83.1 Å². The minimum Gasteiger partial charge on any atom is -0.367 e. The van der Waals surface area contributed by atoms with Crippen molar-refractivity contribution in [2.75, 3.05) is 69.2 Å². The smallest absolute Gasteiger partial charge is 0.225 e. The number of hydrogen-bond acceptors (Lipinski definition) is 6. The van der Waals surface area contributed by atoms with Gasteiger partial charge in [0.1, 0.15) is 6.33 Å². The average molecular weight is 373 g/mol. The van der Waals surface area contributed by atoms with Crippen LogP contribution in [0.2, 0.25) is 0 Å². The van der Waals surface area contributed by atoms with Crippen molar-refractivity contribution in [1.82, 2.24) is 19.8 Å². The quantitative estimate of drug-likeness (QED) is 0.801. The Labute approximate surface area is 162 Å². The minimum absolute atomic E-state index is 0.171. The molecule has 4 rings (SSSR count). The van der Waals surface area contributed by atoms with E-state index < -0.39 is 0 Å². The van der Waals surface area contributed by atoms with E-state index >= 15 is 0 Å². The summed E-state index contributed by atoms with van der Waals surface area (Å²) in [6, 6.07) is 0. The van der Waals surface area contributed by atoms with Crippen molar-refractivity contribution in [1.29, 1.82) is 0 Å². The highest BCUT2D eigenvalue weighted by atomic mass is 16.2. The molecule has 3 aliphatic heterocycles. The van der Waals surface area contributed by atoms with Crippen LogP contribution >= 0.6 is 0 Å². The Morgan fingerprint density at radius 1 is 0.926 bits per heavy atom. The maximum atomic E-state index is 13.0. The van der Waals surface area contributed by atoms with Crippen LogP contribution in [-0.2, 0) is 4.79 Å². The molecule has 3 fully saturated rings. The molecule has 1 aromatic rings. The molecule has 0 saturated carbocycles. The summed E-state index contributed by atoms with van der Waals surface area (Å²) in [5.41, 5.74) is 1.14. The van der Waals surface area contributed by atoms with E-state index in [9.17, 15) is 4.79 Å². The number of piperidine rings is 1. The monoisotopic (exact) mass is 372 g/mol. The normalized spacial score (nSPS) is 22.9. The van der Waals surface area contributed by atoms with Gasteiger partial charge in [-0.2, -0.15) is 0 Å². The number of rotatable bonds is 3. The van der Waals surface area contributed by atoms with E-state index in [1.54, 1.807) is 6.33 Å². The SMILES string of the molecule is CN1CCCN(C(=O)C2CCN(c3cncnc3N3CCCC3)CC2)CC1. The number of amides is 1. The van der Waals surface area contributed by atoms with Gasteiger partial charge in [-0.05, 0) is 45.7 Å². The maximum Gasteiger partial charge on any atom is 0.225 e. The van der Waals surface area contributed by atoms with Gasteiger partial charge in [-0.3, -0.25) is 4.79 Å². The second-order valence-electron chi connectivity index (χ2n) is 8.17. The Bertz CT molecular complexity index is 639. The van der Waals surface area contributed by atoms with Crippen molar-refractivity contribution < 1.29 is 4.79 Å². The largest absolute Gasteiger partial charge is 0.367 e. The van der Waals surface area contributed by atoms with Gasteiger partial charge in [0, 0.05) is 51.7 Å². The molecule has 148 valence electrons. The highest BCUT2D eigenvalue weighted by Crippen LogP contribution is 2.32. The van der Waals surface area contributed by atoms with Crippen molar-refractivity contribution in [3.8, 4) is 0 Å². The van der Waals surface area contributed by atoms with Gasteiger partial charge in [-0.15, -0.1) is 0 Å². The zero-order valence-electron chi connectivity index (χ0n) is 16.5. The molecule has 0 aliphatic carbocycles. The fourth-order valence-corrected chi connectivity index (χ4v) is 4.60. The van der Waals surface area contributed by atoms with Crippen LogP contribution in [0.1, 0.15) is 32.1 Å². The third kappa shape index (κ3) is 4.18. The van der Waals surface area contributed by atoms with E-state index in [1.807, 2.05) is 6.20 Å². The predicted molar refractivity (Wildman–Crippen MR) is 107 cm³/mol. The molecule has 7 nitrogen and oxygen atoms in total. The van der Waals surface area contributed by atoms with Crippen LogP contribution in [0.4, 0.5) is 11.5 Å². The summed E-state index contributed by atoms with van der Waals surface area (Å²) in [6.45, 7) is 7.87. The maximum absolute atomic E-state index is 13.0. The summed E-state index contributed by atoms with van der Waals surface area (Å²) in [6.07, 6.45) is 9.04. The first kappa shape index (κ1) is 18.5. The lowest BCUT2D eigenvalue weighted by molar-refractivity contribution is -0.136. The number of hydrogen-bond donors (Lipinski definition) is 0. The third-order valence-electron chi connectivity index (χ3n) is 6.29. The summed E-state index contributed by atoms with van der Waals surface area (Å²) in [4.78, 5) is 31.0. The Hall–Kier alpha value is -1.89. The summed E-state index contributed by atoms with van der Waals surface area (Å²) in [5, 5.41) is 0. The molecule has 0 atom stereocenters. The Morgan fingerprint density at radius 3 is 2.48 bits per heavy atom. The first-order valence-electron chi connectivity index (χ1n) is 10.5. The molecular weight excluding hydrogens is 340 g/mol. The average Bonchev–Trinajstić information content (AvgIpc) is 3.16. The van der Waals surface area contributed by atoms with Gasteiger partial charge in [0.25, 0.3) is 0 Å². The molecule has 0 N–H and O–H groups in total. The Balaban J connectivity index is 1.37. The molecule has 1 aromatic heterocycles. The molecule has 4 heterocycles. The number of aromatic nitrogens is 2. The van der Waals surface area contributed by atoms with E-state index in [4.69, 9.17) is 0 Å². The van der Waals surface area contributed by atoms with Crippen molar-refractivity contribution in [3.05, 3.63) is 12.5 Å². The zero-order valence-corrected chi connectivity index (χ0v) is 16.5. The molecule has 0 spiro atoms. The number of likely N-dealkylation sites (N-methyl/N-ethyl adjacent to an activating group) is 1. The van der Waals surface area contributed by atoms with Gasteiger partial charge in [0.15, 0.2) is 5.82 Å². The number of nitrogens with zero attached hydrogens (tertiary/aromatic N) is 6. The molecule has 1 amide bonds. The molecule has 3 saturated heterocycles. The minimum atomic E-state index is 0.171. The van der Waals surface area contributed by atoms with Crippen LogP contribution in [0.5, 0.6) is 0 Å². The topological polar surface area (TPSA) is 55.8 Å². The van der Waals surface area contributed by atoms with Crippen molar-refractivity contribution in [3.63, 3.8) is 0 Å². The van der Waals surface area contributed by atoms with E-state index in [2.05, 4.69) is 36.6 Å². The van der Waals surface area contributed by atoms with E-state index in [1.165, 1.54) is 12.8 Å². The molecule has 3 aliphatic rings. The number of carbonyl (C=O) groups excluding carboxylic acids is 1.